The Morgan fingerprint density at radius 1 is 1.26 bits per heavy atom. The summed E-state index contributed by atoms with van der Waals surface area (Å²) >= 11 is 11.7. The first-order valence-electron chi connectivity index (χ1n) is 6.30. The number of ether oxygens (including phenoxy) is 2. The van der Waals surface area contributed by atoms with Gasteiger partial charge in [0.05, 0.1) is 16.7 Å². The molecule has 19 heavy (non-hydrogen) atoms. The molecule has 1 aromatic rings. The second kappa shape index (κ2) is 7.25. The van der Waals surface area contributed by atoms with Crippen LogP contribution in [0.15, 0.2) is 18.2 Å². The van der Waals surface area contributed by atoms with Crippen molar-refractivity contribution in [2.45, 2.75) is 12.8 Å². The predicted octanol–water partition coefficient (Wildman–Crippen LogP) is 3.62. The third kappa shape index (κ3) is 4.46. The second-order valence-electron chi connectivity index (χ2n) is 4.62. The van der Waals surface area contributed by atoms with Crippen molar-refractivity contribution in [3.05, 3.63) is 33.8 Å². The van der Waals surface area contributed by atoms with Gasteiger partial charge in [-0.15, -0.1) is 0 Å². The van der Waals surface area contributed by atoms with Crippen LogP contribution in [0.1, 0.15) is 23.2 Å². The van der Waals surface area contributed by atoms with E-state index >= 15 is 0 Å². The van der Waals surface area contributed by atoms with Crippen LogP contribution in [0, 0.1) is 5.92 Å². The van der Waals surface area contributed by atoms with Crippen molar-refractivity contribution in [1.29, 1.82) is 0 Å². The van der Waals surface area contributed by atoms with Gasteiger partial charge in [-0.3, -0.25) is 4.79 Å². The molecule has 0 aliphatic carbocycles. The van der Waals surface area contributed by atoms with Crippen LogP contribution in [0.3, 0.4) is 0 Å². The Morgan fingerprint density at radius 2 is 2.00 bits per heavy atom. The minimum Gasteiger partial charge on any atom is -0.381 e. The Hall–Kier alpha value is -0.610. The fourth-order valence-electron chi connectivity index (χ4n) is 1.98. The van der Waals surface area contributed by atoms with E-state index in [1.54, 1.807) is 18.2 Å². The van der Waals surface area contributed by atoms with E-state index in [1.807, 2.05) is 0 Å². The minimum atomic E-state index is -0.0781. The van der Waals surface area contributed by atoms with Crippen molar-refractivity contribution >= 4 is 29.0 Å². The van der Waals surface area contributed by atoms with Crippen molar-refractivity contribution in [2.75, 3.05) is 26.4 Å². The van der Waals surface area contributed by atoms with Gasteiger partial charge in [-0.05, 0) is 37.0 Å². The second-order valence-corrected chi connectivity index (χ2v) is 5.44. The molecule has 5 heteroatoms. The van der Waals surface area contributed by atoms with Crippen LogP contribution in [0.2, 0.25) is 10.0 Å². The van der Waals surface area contributed by atoms with Crippen LogP contribution in [-0.4, -0.2) is 32.2 Å². The van der Waals surface area contributed by atoms with E-state index in [0.29, 0.717) is 28.1 Å². The quantitative estimate of drug-likeness (QED) is 0.779. The number of hydrogen-bond donors (Lipinski definition) is 0. The Kier molecular flexibility index (Phi) is 5.64. The molecule has 1 saturated heterocycles. The fourth-order valence-corrected chi connectivity index (χ4v) is 2.28. The van der Waals surface area contributed by atoms with E-state index in [4.69, 9.17) is 32.7 Å². The van der Waals surface area contributed by atoms with Gasteiger partial charge in [0, 0.05) is 18.8 Å². The Morgan fingerprint density at radius 3 is 2.68 bits per heavy atom. The van der Waals surface area contributed by atoms with Gasteiger partial charge in [0.2, 0.25) is 0 Å². The molecule has 2 rings (SSSR count). The Labute approximate surface area is 122 Å². The molecular weight excluding hydrogens is 287 g/mol. The van der Waals surface area contributed by atoms with Crippen LogP contribution >= 0.6 is 23.2 Å². The van der Waals surface area contributed by atoms with Crippen LogP contribution in [0.5, 0.6) is 0 Å². The van der Waals surface area contributed by atoms with Gasteiger partial charge < -0.3 is 9.47 Å². The van der Waals surface area contributed by atoms with Crippen molar-refractivity contribution in [1.82, 2.24) is 0 Å². The van der Waals surface area contributed by atoms with Gasteiger partial charge >= 0.3 is 0 Å². The monoisotopic (exact) mass is 302 g/mol. The molecule has 104 valence electrons. The molecular formula is C14H16Cl2O3. The first kappa shape index (κ1) is 14.8. The molecule has 0 N–H and O–H groups in total. The molecule has 0 saturated carbocycles. The van der Waals surface area contributed by atoms with Crippen molar-refractivity contribution in [3.8, 4) is 0 Å². The predicted molar refractivity (Wildman–Crippen MR) is 75.2 cm³/mol. The van der Waals surface area contributed by atoms with Gasteiger partial charge in [-0.1, -0.05) is 23.2 Å². The zero-order chi connectivity index (χ0) is 13.7. The molecule has 0 amide bonds. The lowest BCUT2D eigenvalue weighted by atomic mass is 10.0. The van der Waals surface area contributed by atoms with Gasteiger partial charge in [-0.25, -0.2) is 0 Å². The molecule has 0 atom stereocenters. The summed E-state index contributed by atoms with van der Waals surface area (Å²) in [6, 6.07) is 4.86. The number of Topliss-reactive ketones (excluding diaryl/α,β-unsaturated/α-hetero) is 1. The third-order valence-electron chi connectivity index (χ3n) is 3.17. The lowest BCUT2D eigenvalue weighted by Crippen LogP contribution is -2.21. The summed E-state index contributed by atoms with van der Waals surface area (Å²) in [7, 11) is 0. The number of rotatable bonds is 5. The molecule has 1 aliphatic heterocycles. The summed E-state index contributed by atoms with van der Waals surface area (Å²) in [5, 5.41) is 0.832. The summed E-state index contributed by atoms with van der Waals surface area (Å²) in [4.78, 5) is 11.9. The van der Waals surface area contributed by atoms with E-state index in [9.17, 15) is 4.79 Å². The fraction of sp³-hybridized carbons (Fsp3) is 0.500. The van der Waals surface area contributed by atoms with E-state index in [-0.39, 0.29) is 12.4 Å². The number of hydrogen-bond acceptors (Lipinski definition) is 3. The van der Waals surface area contributed by atoms with E-state index in [0.717, 1.165) is 26.1 Å². The molecule has 0 aromatic heterocycles. The molecule has 1 fully saturated rings. The largest absolute Gasteiger partial charge is 0.381 e. The first-order chi connectivity index (χ1) is 9.16. The van der Waals surface area contributed by atoms with Crippen LogP contribution in [-0.2, 0) is 9.47 Å². The molecule has 1 heterocycles. The highest BCUT2D eigenvalue weighted by molar-refractivity contribution is 6.42. The Balaban J connectivity index is 1.78. The maximum Gasteiger partial charge on any atom is 0.188 e. The summed E-state index contributed by atoms with van der Waals surface area (Å²) in [6.07, 6.45) is 2.00. The summed E-state index contributed by atoms with van der Waals surface area (Å²) in [6.45, 7) is 2.26. The lowest BCUT2D eigenvalue weighted by molar-refractivity contribution is 0.0216. The standard InChI is InChI=1S/C14H16Cl2O3/c15-12-2-1-11(7-13(12)16)14(17)9-19-8-10-3-5-18-6-4-10/h1-2,7,10H,3-6,8-9H2. The molecule has 3 nitrogen and oxygen atoms in total. The highest BCUT2D eigenvalue weighted by Crippen LogP contribution is 2.23. The molecule has 0 spiro atoms. The lowest BCUT2D eigenvalue weighted by Gasteiger charge is -2.21. The van der Waals surface area contributed by atoms with Crippen molar-refractivity contribution in [3.63, 3.8) is 0 Å². The molecule has 0 radical (unpaired) electrons. The molecule has 1 aliphatic rings. The topological polar surface area (TPSA) is 35.5 Å². The Bertz CT molecular complexity index is 442. The smallest absolute Gasteiger partial charge is 0.188 e. The first-order valence-corrected chi connectivity index (χ1v) is 7.06. The average molecular weight is 303 g/mol. The van der Waals surface area contributed by atoms with Gasteiger partial charge in [-0.2, -0.15) is 0 Å². The average Bonchev–Trinajstić information content (AvgIpc) is 2.43. The van der Waals surface area contributed by atoms with Crippen LogP contribution < -0.4 is 0 Å². The maximum atomic E-state index is 11.9. The van der Waals surface area contributed by atoms with E-state index in [2.05, 4.69) is 0 Å². The number of benzene rings is 1. The highest BCUT2D eigenvalue weighted by Gasteiger charge is 2.15. The van der Waals surface area contributed by atoms with Gasteiger partial charge in [0.15, 0.2) is 5.78 Å². The number of halogens is 2. The molecule has 0 bridgehead atoms. The number of carbonyl (C=O) groups is 1. The van der Waals surface area contributed by atoms with Crippen LogP contribution in [0.25, 0.3) is 0 Å². The minimum absolute atomic E-state index is 0.0781. The highest BCUT2D eigenvalue weighted by atomic mass is 35.5. The number of carbonyl (C=O) groups excluding carboxylic acids is 1. The SMILES string of the molecule is O=C(COCC1CCOCC1)c1ccc(Cl)c(Cl)c1. The zero-order valence-electron chi connectivity index (χ0n) is 10.5. The molecule has 1 aromatic carbocycles. The van der Waals surface area contributed by atoms with Crippen molar-refractivity contribution < 1.29 is 14.3 Å². The normalized spacial score (nSPS) is 16.5. The van der Waals surface area contributed by atoms with Gasteiger partial charge in [0.1, 0.15) is 6.61 Å². The summed E-state index contributed by atoms with van der Waals surface area (Å²) < 4.78 is 10.7. The zero-order valence-corrected chi connectivity index (χ0v) is 12.0. The number of ketones is 1. The summed E-state index contributed by atoms with van der Waals surface area (Å²) in [5.74, 6) is 0.418. The third-order valence-corrected chi connectivity index (χ3v) is 3.91. The van der Waals surface area contributed by atoms with E-state index < -0.39 is 0 Å². The van der Waals surface area contributed by atoms with Crippen molar-refractivity contribution in [2.24, 2.45) is 5.92 Å². The van der Waals surface area contributed by atoms with E-state index in [1.165, 1.54) is 0 Å². The van der Waals surface area contributed by atoms with Gasteiger partial charge in [0.25, 0.3) is 0 Å². The summed E-state index contributed by atoms with van der Waals surface area (Å²) in [5.41, 5.74) is 0.529. The maximum absolute atomic E-state index is 11.9. The molecule has 0 unspecified atom stereocenters. The van der Waals surface area contributed by atoms with Crippen LogP contribution in [0.4, 0.5) is 0 Å².